The summed E-state index contributed by atoms with van der Waals surface area (Å²) in [5.74, 6) is 0.724. The summed E-state index contributed by atoms with van der Waals surface area (Å²) in [5, 5.41) is 0. The Bertz CT molecular complexity index is 512. The molecule has 0 spiro atoms. The minimum absolute atomic E-state index is 0.710. The van der Waals surface area contributed by atoms with Crippen molar-refractivity contribution >= 4 is 11.8 Å². The SMILES string of the molecule is CN1CCCc2cc(/C=C(/CN)C3CCCCC3)ccc21. The van der Waals surface area contributed by atoms with Crippen LogP contribution in [0.2, 0.25) is 0 Å². The van der Waals surface area contributed by atoms with Crippen molar-refractivity contribution in [3.05, 3.63) is 34.9 Å². The standard InChI is InChI=1S/C19H28N2/c1-21-11-5-8-17-12-15(9-10-19(17)21)13-18(14-20)16-6-3-2-4-7-16/h9-10,12-13,16H,2-8,11,14,20H2,1H3/b18-13-. The van der Waals surface area contributed by atoms with E-state index in [4.69, 9.17) is 5.73 Å². The fourth-order valence-electron chi connectivity index (χ4n) is 3.93. The fraction of sp³-hybridized carbons (Fsp3) is 0.579. The number of rotatable bonds is 3. The fourth-order valence-corrected chi connectivity index (χ4v) is 3.93. The van der Waals surface area contributed by atoms with E-state index in [-0.39, 0.29) is 0 Å². The Kier molecular flexibility index (Phi) is 4.64. The van der Waals surface area contributed by atoms with Gasteiger partial charge in [0.1, 0.15) is 0 Å². The average molecular weight is 284 g/mol. The van der Waals surface area contributed by atoms with Crippen LogP contribution in [0.1, 0.15) is 49.7 Å². The Hall–Kier alpha value is -1.28. The molecule has 0 saturated heterocycles. The van der Waals surface area contributed by atoms with Gasteiger partial charge in [0.25, 0.3) is 0 Å². The molecule has 21 heavy (non-hydrogen) atoms. The molecule has 2 nitrogen and oxygen atoms in total. The Labute approximate surface area is 129 Å². The number of anilines is 1. The minimum Gasteiger partial charge on any atom is -0.374 e. The van der Waals surface area contributed by atoms with Crippen LogP contribution in [0, 0.1) is 5.92 Å². The molecule has 1 aromatic carbocycles. The summed E-state index contributed by atoms with van der Waals surface area (Å²) in [7, 11) is 2.20. The van der Waals surface area contributed by atoms with Crippen LogP contribution in [0.3, 0.4) is 0 Å². The molecule has 1 aromatic rings. The molecule has 3 rings (SSSR count). The maximum absolute atomic E-state index is 6.03. The second-order valence-corrected chi connectivity index (χ2v) is 6.67. The summed E-state index contributed by atoms with van der Waals surface area (Å²) in [4.78, 5) is 2.37. The maximum Gasteiger partial charge on any atom is 0.0396 e. The second kappa shape index (κ2) is 6.65. The smallest absolute Gasteiger partial charge is 0.0396 e. The molecule has 1 saturated carbocycles. The van der Waals surface area contributed by atoms with Crippen LogP contribution in [-0.4, -0.2) is 20.1 Å². The van der Waals surface area contributed by atoms with Crippen LogP contribution in [0.25, 0.3) is 6.08 Å². The van der Waals surface area contributed by atoms with Crippen LogP contribution >= 0.6 is 0 Å². The van der Waals surface area contributed by atoms with E-state index in [1.54, 1.807) is 0 Å². The zero-order chi connectivity index (χ0) is 14.7. The Morgan fingerprint density at radius 2 is 2.05 bits per heavy atom. The van der Waals surface area contributed by atoms with Crippen molar-refractivity contribution in [1.82, 2.24) is 0 Å². The second-order valence-electron chi connectivity index (χ2n) is 6.67. The van der Waals surface area contributed by atoms with Crippen LogP contribution in [0.15, 0.2) is 23.8 Å². The molecule has 1 aliphatic carbocycles. The lowest BCUT2D eigenvalue weighted by molar-refractivity contribution is 0.401. The van der Waals surface area contributed by atoms with Crippen LogP contribution in [0.5, 0.6) is 0 Å². The number of hydrogen-bond donors (Lipinski definition) is 1. The van der Waals surface area contributed by atoms with E-state index in [1.807, 2.05) is 0 Å². The highest BCUT2D eigenvalue weighted by molar-refractivity contribution is 5.63. The van der Waals surface area contributed by atoms with Gasteiger partial charge < -0.3 is 10.6 Å². The van der Waals surface area contributed by atoms with Gasteiger partial charge in [-0.05, 0) is 54.9 Å². The summed E-state index contributed by atoms with van der Waals surface area (Å²) in [6, 6.07) is 6.93. The van der Waals surface area contributed by atoms with Crippen LogP contribution in [0.4, 0.5) is 5.69 Å². The van der Waals surface area contributed by atoms with Gasteiger partial charge in [-0.15, -0.1) is 0 Å². The molecule has 0 aromatic heterocycles. The van der Waals surface area contributed by atoms with Crippen LogP contribution < -0.4 is 10.6 Å². The van der Waals surface area contributed by atoms with Crippen molar-refractivity contribution in [2.45, 2.75) is 44.9 Å². The Balaban J connectivity index is 1.83. The molecule has 0 bridgehead atoms. The van der Waals surface area contributed by atoms with E-state index in [0.29, 0.717) is 6.54 Å². The highest BCUT2D eigenvalue weighted by Crippen LogP contribution is 2.32. The van der Waals surface area contributed by atoms with E-state index >= 15 is 0 Å². The monoisotopic (exact) mass is 284 g/mol. The number of fused-ring (bicyclic) bond motifs is 1. The zero-order valence-corrected chi connectivity index (χ0v) is 13.3. The normalized spacial score (nSPS) is 20.5. The average Bonchev–Trinajstić information content (AvgIpc) is 2.53. The first-order valence-corrected chi connectivity index (χ1v) is 8.52. The molecular weight excluding hydrogens is 256 g/mol. The summed E-state index contributed by atoms with van der Waals surface area (Å²) < 4.78 is 0. The van der Waals surface area contributed by atoms with Crippen molar-refractivity contribution in [2.24, 2.45) is 11.7 Å². The van der Waals surface area contributed by atoms with Crippen molar-refractivity contribution in [2.75, 3.05) is 25.0 Å². The minimum atomic E-state index is 0.710. The van der Waals surface area contributed by atoms with Gasteiger partial charge >= 0.3 is 0 Å². The van der Waals surface area contributed by atoms with Gasteiger partial charge in [-0.25, -0.2) is 0 Å². The molecule has 0 unspecified atom stereocenters. The largest absolute Gasteiger partial charge is 0.374 e. The lowest BCUT2D eigenvalue weighted by Gasteiger charge is -2.28. The maximum atomic E-state index is 6.03. The molecule has 2 heteroatoms. The van der Waals surface area contributed by atoms with Crippen molar-refractivity contribution in [3.8, 4) is 0 Å². The first-order chi connectivity index (χ1) is 10.3. The third kappa shape index (κ3) is 3.32. The number of benzene rings is 1. The van der Waals surface area contributed by atoms with Crippen molar-refractivity contribution in [3.63, 3.8) is 0 Å². The van der Waals surface area contributed by atoms with Gasteiger partial charge in [-0.3, -0.25) is 0 Å². The lowest BCUT2D eigenvalue weighted by atomic mass is 9.83. The lowest BCUT2D eigenvalue weighted by Crippen LogP contribution is -2.24. The van der Waals surface area contributed by atoms with Gasteiger partial charge in [0.05, 0.1) is 0 Å². The van der Waals surface area contributed by atoms with Gasteiger partial charge in [0.15, 0.2) is 0 Å². The topological polar surface area (TPSA) is 29.3 Å². The predicted octanol–water partition coefficient (Wildman–Crippen LogP) is 3.99. The number of aryl methyl sites for hydroxylation is 1. The summed E-state index contributed by atoms with van der Waals surface area (Å²) in [5.41, 5.74) is 11.7. The third-order valence-electron chi connectivity index (χ3n) is 5.17. The van der Waals surface area contributed by atoms with E-state index in [1.165, 1.54) is 73.9 Å². The Morgan fingerprint density at radius 3 is 2.81 bits per heavy atom. The molecule has 1 fully saturated rings. The van der Waals surface area contributed by atoms with E-state index < -0.39 is 0 Å². The molecular formula is C19H28N2. The number of hydrogen-bond acceptors (Lipinski definition) is 2. The highest BCUT2D eigenvalue weighted by Gasteiger charge is 2.17. The molecule has 0 amide bonds. The highest BCUT2D eigenvalue weighted by atomic mass is 15.1. The van der Waals surface area contributed by atoms with Crippen LogP contribution in [-0.2, 0) is 6.42 Å². The number of nitrogens with two attached hydrogens (primary N) is 1. The van der Waals surface area contributed by atoms with E-state index in [2.05, 4.69) is 36.2 Å². The van der Waals surface area contributed by atoms with Gasteiger partial charge in [-0.2, -0.15) is 0 Å². The number of nitrogens with zero attached hydrogens (tertiary/aromatic N) is 1. The van der Waals surface area contributed by atoms with Crippen molar-refractivity contribution < 1.29 is 0 Å². The van der Waals surface area contributed by atoms with E-state index in [9.17, 15) is 0 Å². The molecule has 114 valence electrons. The van der Waals surface area contributed by atoms with Crippen molar-refractivity contribution in [1.29, 1.82) is 0 Å². The molecule has 1 heterocycles. The zero-order valence-electron chi connectivity index (χ0n) is 13.3. The third-order valence-corrected chi connectivity index (χ3v) is 5.17. The first-order valence-electron chi connectivity index (χ1n) is 8.52. The van der Waals surface area contributed by atoms with Gasteiger partial charge in [-0.1, -0.05) is 37.0 Å². The van der Waals surface area contributed by atoms with Gasteiger partial charge in [0.2, 0.25) is 0 Å². The van der Waals surface area contributed by atoms with E-state index in [0.717, 1.165) is 5.92 Å². The summed E-state index contributed by atoms with van der Waals surface area (Å²) in [6.45, 7) is 1.89. The van der Waals surface area contributed by atoms with Gasteiger partial charge in [0, 0.05) is 25.8 Å². The molecule has 0 radical (unpaired) electrons. The molecule has 0 atom stereocenters. The predicted molar refractivity (Wildman–Crippen MR) is 91.6 cm³/mol. The Morgan fingerprint density at radius 1 is 1.24 bits per heavy atom. The molecule has 2 aliphatic rings. The first kappa shape index (κ1) is 14.6. The quantitative estimate of drug-likeness (QED) is 0.909. The molecule has 1 aliphatic heterocycles. The summed E-state index contributed by atoms with van der Waals surface area (Å²) >= 11 is 0. The molecule has 2 N–H and O–H groups in total. The summed E-state index contributed by atoms with van der Waals surface area (Å²) in [6.07, 6.45) is 11.7.